The van der Waals surface area contributed by atoms with Crippen molar-refractivity contribution in [3.8, 4) is 0 Å². The van der Waals surface area contributed by atoms with E-state index in [0.717, 1.165) is 24.9 Å². The normalized spacial score (nSPS) is 17.6. The second kappa shape index (κ2) is 5.48. The second-order valence-corrected chi connectivity index (χ2v) is 5.02. The number of nitrogens with one attached hydrogen (secondary N) is 1. The average molecular weight is 221 g/mol. The van der Waals surface area contributed by atoms with Gasteiger partial charge in [0, 0.05) is 19.3 Å². The van der Waals surface area contributed by atoms with Crippen molar-refractivity contribution >= 4 is 0 Å². The van der Waals surface area contributed by atoms with Crippen LogP contribution in [0.4, 0.5) is 0 Å². The van der Waals surface area contributed by atoms with Crippen molar-refractivity contribution in [3.05, 3.63) is 18.0 Å². The highest BCUT2D eigenvalue weighted by molar-refractivity contribution is 5.00. The predicted molar refractivity (Wildman–Crippen MR) is 66.3 cm³/mol. The van der Waals surface area contributed by atoms with Crippen molar-refractivity contribution in [3.63, 3.8) is 0 Å². The lowest BCUT2D eigenvalue weighted by Gasteiger charge is -2.15. The van der Waals surface area contributed by atoms with Crippen LogP contribution in [0.25, 0.3) is 0 Å². The van der Waals surface area contributed by atoms with Crippen LogP contribution in [0.2, 0.25) is 0 Å². The molecule has 1 saturated carbocycles. The summed E-state index contributed by atoms with van der Waals surface area (Å²) in [4.78, 5) is 0. The van der Waals surface area contributed by atoms with Crippen LogP contribution in [0.3, 0.4) is 0 Å². The molecular weight excluding hydrogens is 198 g/mol. The number of aryl methyl sites for hydroxylation is 1. The van der Waals surface area contributed by atoms with E-state index in [1.807, 2.05) is 17.9 Å². The molecule has 1 N–H and O–H groups in total. The van der Waals surface area contributed by atoms with Gasteiger partial charge in [-0.1, -0.05) is 13.3 Å². The van der Waals surface area contributed by atoms with Crippen molar-refractivity contribution in [2.24, 2.45) is 13.0 Å². The summed E-state index contributed by atoms with van der Waals surface area (Å²) < 4.78 is 1.90. The first kappa shape index (κ1) is 11.6. The Kier molecular flexibility index (Phi) is 3.99. The van der Waals surface area contributed by atoms with Crippen molar-refractivity contribution in [2.45, 2.75) is 45.1 Å². The molecule has 1 aliphatic carbocycles. The van der Waals surface area contributed by atoms with E-state index in [-0.39, 0.29) is 0 Å². The van der Waals surface area contributed by atoms with Crippen LogP contribution in [-0.4, -0.2) is 22.4 Å². The van der Waals surface area contributed by atoms with Crippen LogP contribution < -0.4 is 5.32 Å². The predicted octanol–water partition coefficient (Wildman–Crippen LogP) is 2.13. The minimum absolute atomic E-state index is 0.750. The van der Waals surface area contributed by atoms with Gasteiger partial charge in [-0.3, -0.25) is 4.68 Å². The quantitative estimate of drug-likeness (QED) is 0.764. The largest absolute Gasteiger partial charge is 0.314 e. The molecule has 90 valence electrons. The number of hydrogen-bond donors (Lipinski definition) is 1. The second-order valence-electron chi connectivity index (χ2n) is 5.02. The van der Waals surface area contributed by atoms with Crippen molar-refractivity contribution in [2.75, 3.05) is 6.54 Å². The van der Waals surface area contributed by atoms with Crippen molar-refractivity contribution in [1.82, 2.24) is 15.1 Å². The third-order valence-corrected chi connectivity index (χ3v) is 3.24. The summed E-state index contributed by atoms with van der Waals surface area (Å²) >= 11 is 0. The van der Waals surface area contributed by atoms with E-state index < -0.39 is 0 Å². The lowest BCUT2D eigenvalue weighted by molar-refractivity contribution is 0.432. The number of nitrogens with zero attached hydrogens (tertiary/aromatic N) is 2. The Morgan fingerprint density at radius 1 is 1.56 bits per heavy atom. The Hall–Kier alpha value is -0.830. The van der Waals surface area contributed by atoms with E-state index in [2.05, 4.69) is 23.4 Å². The molecule has 1 aromatic rings. The number of hydrogen-bond acceptors (Lipinski definition) is 2. The highest BCUT2D eigenvalue weighted by Gasteiger charge is 2.21. The fourth-order valence-corrected chi connectivity index (χ4v) is 2.17. The van der Waals surface area contributed by atoms with E-state index >= 15 is 0 Å². The van der Waals surface area contributed by atoms with Gasteiger partial charge in [-0.25, -0.2) is 0 Å². The van der Waals surface area contributed by atoms with Gasteiger partial charge in [-0.05, 0) is 44.2 Å². The zero-order chi connectivity index (χ0) is 11.4. The first-order valence-electron chi connectivity index (χ1n) is 6.50. The minimum atomic E-state index is 0.750. The Balaban J connectivity index is 1.80. The van der Waals surface area contributed by atoms with Gasteiger partial charge in [0.1, 0.15) is 0 Å². The summed E-state index contributed by atoms with van der Waals surface area (Å²) in [5.41, 5.74) is 1.23. The molecule has 3 heteroatoms. The fourth-order valence-electron chi connectivity index (χ4n) is 2.17. The van der Waals surface area contributed by atoms with Gasteiger partial charge in [0.05, 0.1) is 5.69 Å². The van der Waals surface area contributed by atoms with E-state index in [1.165, 1.54) is 31.4 Å². The fraction of sp³-hybridized carbons (Fsp3) is 0.769. The van der Waals surface area contributed by atoms with Crippen LogP contribution in [0, 0.1) is 5.92 Å². The smallest absolute Gasteiger partial charge is 0.0627 e. The van der Waals surface area contributed by atoms with Crippen LogP contribution >= 0.6 is 0 Å². The highest BCUT2D eigenvalue weighted by atomic mass is 15.2. The Morgan fingerprint density at radius 2 is 2.38 bits per heavy atom. The first-order valence-corrected chi connectivity index (χ1v) is 6.50. The maximum atomic E-state index is 4.46. The maximum Gasteiger partial charge on any atom is 0.0627 e. The molecule has 16 heavy (non-hydrogen) atoms. The first-order chi connectivity index (χ1) is 7.78. The van der Waals surface area contributed by atoms with Gasteiger partial charge < -0.3 is 5.32 Å². The summed E-state index contributed by atoms with van der Waals surface area (Å²) in [6.07, 6.45) is 8.48. The number of rotatable bonds is 7. The van der Waals surface area contributed by atoms with Gasteiger partial charge in [-0.15, -0.1) is 0 Å². The SMILES string of the molecule is CCCC(CNC1CC1)Cc1ccn(C)n1. The molecule has 0 radical (unpaired) electrons. The van der Waals surface area contributed by atoms with Gasteiger partial charge in [-0.2, -0.15) is 5.10 Å². The van der Waals surface area contributed by atoms with E-state index in [1.54, 1.807) is 0 Å². The topological polar surface area (TPSA) is 29.9 Å². The van der Waals surface area contributed by atoms with Crippen LogP contribution in [0.1, 0.15) is 38.3 Å². The lowest BCUT2D eigenvalue weighted by atomic mass is 9.98. The molecular formula is C13H23N3. The van der Waals surface area contributed by atoms with Crippen LogP contribution in [0.5, 0.6) is 0 Å². The third-order valence-electron chi connectivity index (χ3n) is 3.24. The summed E-state index contributed by atoms with van der Waals surface area (Å²) in [6, 6.07) is 2.96. The van der Waals surface area contributed by atoms with Crippen molar-refractivity contribution < 1.29 is 0 Å². The molecule has 3 nitrogen and oxygen atoms in total. The summed E-state index contributed by atoms with van der Waals surface area (Å²) in [5.74, 6) is 0.750. The van der Waals surface area contributed by atoms with Gasteiger partial charge in [0.15, 0.2) is 0 Å². The monoisotopic (exact) mass is 221 g/mol. The Morgan fingerprint density at radius 3 is 2.94 bits per heavy atom. The molecule has 0 spiro atoms. The highest BCUT2D eigenvalue weighted by Crippen LogP contribution is 2.20. The molecule has 1 aromatic heterocycles. The summed E-state index contributed by atoms with van der Waals surface area (Å²) in [6.45, 7) is 3.43. The summed E-state index contributed by atoms with van der Waals surface area (Å²) in [7, 11) is 1.99. The van der Waals surface area contributed by atoms with Crippen LogP contribution in [0.15, 0.2) is 12.3 Å². The van der Waals surface area contributed by atoms with E-state index in [9.17, 15) is 0 Å². The van der Waals surface area contributed by atoms with Crippen molar-refractivity contribution in [1.29, 1.82) is 0 Å². The molecule has 1 atom stereocenters. The molecule has 1 heterocycles. The molecule has 0 bridgehead atoms. The molecule has 0 aliphatic heterocycles. The Labute approximate surface area is 98.2 Å². The third kappa shape index (κ3) is 3.63. The molecule has 0 aromatic carbocycles. The number of aromatic nitrogens is 2. The zero-order valence-electron chi connectivity index (χ0n) is 10.4. The van der Waals surface area contributed by atoms with E-state index in [0.29, 0.717) is 0 Å². The minimum Gasteiger partial charge on any atom is -0.314 e. The van der Waals surface area contributed by atoms with Gasteiger partial charge in [0.25, 0.3) is 0 Å². The molecule has 1 unspecified atom stereocenters. The molecule has 1 aliphatic rings. The molecule has 0 amide bonds. The zero-order valence-corrected chi connectivity index (χ0v) is 10.4. The van der Waals surface area contributed by atoms with Gasteiger partial charge in [0.2, 0.25) is 0 Å². The molecule has 1 fully saturated rings. The molecule has 0 saturated heterocycles. The average Bonchev–Trinajstić information content (AvgIpc) is 3.00. The summed E-state index contributed by atoms with van der Waals surface area (Å²) in [5, 5.41) is 8.10. The standard InChI is InChI=1S/C13H23N3/c1-3-4-11(10-14-12-5-6-12)9-13-7-8-16(2)15-13/h7-8,11-12,14H,3-6,9-10H2,1-2H3. The molecule has 2 rings (SSSR count). The van der Waals surface area contributed by atoms with Crippen LogP contribution in [-0.2, 0) is 13.5 Å². The maximum absolute atomic E-state index is 4.46. The van der Waals surface area contributed by atoms with Gasteiger partial charge >= 0.3 is 0 Å². The lowest BCUT2D eigenvalue weighted by Crippen LogP contribution is -2.26. The van der Waals surface area contributed by atoms with E-state index in [4.69, 9.17) is 0 Å². The Bertz CT molecular complexity index is 315.